The molecule has 9 nitrogen and oxygen atoms in total. The first kappa shape index (κ1) is 32.8. The molecule has 0 radical (unpaired) electrons. The van der Waals surface area contributed by atoms with Crippen molar-refractivity contribution in [3.63, 3.8) is 0 Å². The lowest BCUT2D eigenvalue weighted by atomic mass is 9.99. The van der Waals surface area contributed by atoms with Gasteiger partial charge in [-0.25, -0.2) is 0 Å². The van der Waals surface area contributed by atoms with Gasteiger partial charge in [0.1, 0.15) is 0 Å². The number of amides is 2. The molecule has 0 unspecified atom stereocenters. The van der Waals surface area contributed by atoms with Gasteiger partial charge in [-0.15, -0.1) is 0 Å². The topological polar surface area (TPSA) is 126 Å². The second-order valence-corrected chi connectivity index (χ2v) is 11.7. The Morgan fingerprint density at radius 3 is 2.15 bits per heavy atom. The number of hydrogen-bond donors (Lipinski definition) is 4. The van der Waals surface area contributed by atoms with Gasteiger partial charge in [0.25, 0.3) is 0 Å². The van der Waals surface area contributed by atoms with Crippen molar-refractivity contribution in [2.75, 3.05) is 30.0 Å². The summed E-state index contributed by atoms with van der Waals surface area (Å²) in [5.41, 5.74) is 11.6. The molecule has 1 aliphatic rings. The fraction of sp³-hybridized carbons (Fsp3) is 0.297. The molecular weight excluding hydrogens is 580 g/mol. The molecule has 1 aliphatic heterocycles. The first-order valence-corrected chi connectivity index (χ1v) is 15.6. The molecular formula is C37H42N4O5. The Morgan fingerprint density at radius 1 is 0.804 bits per heavy atom. The van der Waals surface area contributed by atoms with E-state index in [0.29, 0.717) is 29.9 Å². The van der Waals surface area contributed by atoms with Crippen molar-refractivity contribution in [1.82, 2.24) is 4.90 Å². The van der Waals surface area contributed by atoms with Crippen molar-refractivity contribution < 1.29 is 24.2 Å². The van der Waals surface area contributed by atoms with Crippen molar-refractivity contribution in [2.24, 2.45) is 0 Å². The molecule has 1 fully saturated rings. The lowest BCUT2D eigenvalue weighted by Gasteiger charge is -2.38. The summed E-state index contributed by atoms with van der Waals surface area (Å²) in [7, 11) is 2.09. The minimum absolute atomic E-state index is 0.00746. The number of anilines is 3. The van der Waals surface area contributed by atoms with E-state index >= 15 is 0 Å². The van der Waals surface area contributed by atoms with Crippen LogP contribution in [0.5, 0.6) is 0 Å². The van der Waals surface area contributed by atoms with Crippen molar-refractivity contribution >= 4 is 28.9 Å². The van der Waals surface area contributed by atoms with Crippen LogP contribution in [0.2, 0.25) is 0 Å². The van der Waals surface area contributed by atoms with Gasteiger partial charge in [0.05, 0.1) is 30.2 Å². The van der Waals surface area contributed by atoms with Gasteiger partial charge < -0.3 is 30.9 Å². The number of carbonyl (C=O) groups is 2. The van der Waals surface area contributed by atoms with E-state index in [9.17, 15) is 14.7 Å². The number of aliphatic hydroxyl groups is 1. The number of hydrogen-bond acceptors (Lipinski definition) is 7. The summed E-state index contributed by atoms with van der Waals surface area (Å²) >= 11 is 0. The Kier molecular flexibility index (Phi) is 11.5. The number of nitrogens with two attached hydrogens (primary N) is 1. The van der Waals surface area contributed by atoms with Crippen molar-refractivity contribution in [2.45, 2.75) is 57.3 Å². The molecule has 0 aromatic heterocycles. The fourth-order valence-electron chi connectivity index (χ4n) is 5.52. The van der Waals surface area contributed by atoms with Crippen LogP contribution in [0.4, 0.5) is 17.1 Å². The molecule has 46 heavy (non-hydrogen) atoms. The zero-order valence-corrected chi connectivity index (χ0v) is 26.1. The van der Waals surface area contributed by atoms with E-state index in [0.717, 1.165) is 29.8 Å². The van der Waals surface area contributed by atoms with Gasteiger partial charge in [0.2, 0.25) is 11.8 Å². The number of nitrogens with zero attached hydrogens (tertiary/aromatic N) is 1. The summed E-state index contributed by atoms with van der Waals surface area (Å²) in [6, 6.07) is 32.7. The molecule has 0 spiro atoms. The quantitative estimate of drug-likeness (QED) is 0.131. The van der Waals surface area contributed by atoms with Crippen LogP contribution in [-0.4, -0.2) is 41.5 Å². The molecule has 0 saturated carbocycles. The third kappa shape index (κ3) is 9.48. The Bertz CT molecular complexity index is 1560. The smallest absolute Gasteiger partial charge is 0.224 e. The number of ether oxygens (including phenoxy) is 2. The third-order valence-electron chi connectivity index (χ3n) is 7.93. The normalized spacial score (nSPS) is 17.8. The minimum atomic E-state index is -0.590. The predicted octanol–water partition coefficient (Wildman–Crippen LogP) is 6.19. The second kappa shape index (κ2) is 16.1. The number of nitrogens with one attached hydrogen (secondary N) is 2. The maximum Gasteiger partial charge on any atom is 0.224 e. The molecule has 0 bridgehead atoms. The zero-order chi connectivity index (χ0) is 32.3. The van der Waals surface area contributed by atoms with Gasteiger partial charge >= 0.3 is 0 Å². The Labute approximate surface area is 270 Å². The molecule has 9 heteroatoms. The summed E-state index contributed by atoms with van der Waals surface area (Å²) < 4.78 is 13.0. The summed E-state index contributed by atoms with van der Waals surface area (Å²) in [6.45, 7) is 1.53. The molecule has 1 heterocycles. The molecule has 2 amide bonds. The maximum absolute atomic E-state index is 12.6. The Balaban J connectivity index is 1.17. The van der Waals surface area contributed by atoms with Crippen LogP contribution < -0.4 is 16.4 Å². The fourth-order valence-corrected chi connectivity index (χ4v) is 5.52. The molecule has 0 aliphatic carbocycles. The maximum atomic E-state index is 12.6. The highest BCUT2D eigenvalue weighted by Crippen LogP contribution is 2.38. The van der Waals surface area contributed by atoms with Crippen molar-refractivity contribution in [3.8, 4) is 0 Å². The van der Waals surface area contributed by atoms with Gasteiger partial charge in [-0.3, -0.25) is 14.5 Å². The Morgan fingerprint density at radius 2 is 1.46 bits per heavy atom. The van der Waals surface area contributed by atoms with Crippen LogP contribution in [-0.2, 0) is 32.2 Å². The standard InChI is InChI=1S/C37H42N4O5/c1-41(23-26-8-3-2-4-9-26)24-31-22-34(28-16-14-27(25-42)15-17-28)46-37(45-31)29-18-20-30(21-19-29)39-35(43)12-7-13-36(44)40-33-11-6-5-10-32(33)38/h2-6,8-11,14-21,31,34,37,42H,7,12-13,22-25,38H2,1H3,(H,39,43)(H,40,44)/t31-,34+,37+/m0/s1. The van der Waals surface area contributed by atoms with Crippen LogP contribution in [0.25, 0.3) is 0 Å². The average molecular weight is 623 g/mol. The number of benzene rings is 4. The van der Waals surface area contributed by atoms with Crippen LogP contribution in [0.1, 0.15) is 60.3 Å². The Hall–Kier alpha value is -4.54. The molecule has 1 saturated heterocycles. The van der Waals surface area contributed by atoms with Crippen molar-refractivity contribution in [1.29, 1.82) is 0 Å². The van der Waals surface area contributed by atoms with E-state index in [-0.39, 0.29) is 43.5 Å². The predicted molar refractivity (Wildman–Crippen MR) is 180 cm³/mol. The van der Waals surface area contributed by atoms with Gasteiger partial charge in [-0.05, 0) is 54.4 Å². The lowest BCUT2D eigenvalue weighted by molar-refractivity contribution is -0.252. The largest absolute Gasteiger partial charge is 0.397 e. The van der Waals surface area contributed by atoms with Gasteiger partial charge in [0.15, 0.2) is 6.29 Å². The van der Waals surface area contributed by atoms with Crippen LogP contribution in [0, 0.1) is 0 Å². The molecule has 4 aromatic carbocycles. The van der Waals surface area contributed by atoms with E-state index in [2.05, 4.69) is 34.7 Å². The van der Waals surface area contributed by atoms with Gasteiger partial charge in [0, 0.05) is 43.6 Å². The van der Waals surface area contributed by atoms with E-state index in [1.54, 1.807) is 24.3 Å². The molecule has 4 aromatic rings. The molecule has 5 N–H and O–H groups in total. The zero-order valence-electron chi connectivity index (χ0n) is 26.1. The number of likely N-dealkylation sites (N-methyl/N-ethyl adjacent to an activating group) is 1. The summed E-state index contributed by atoms with van der Waals surface area (Å²) in [4.78, 5) is 27.1. The minimum Gasteiger partial charge on any atom is -0.397 e. The molecule has 5 rings (SSSR count). The van der Waals surface area contributed by atoms with Gasteiger partial charge in [-0.1, -0.05) is 78.9 Å². The van der Waals surface area contributed by atoms with E-state index in [1.807, 2.05) is 66.7 Å². The number of rotatable bonds is 13. The number of aliphatic hydroxyl groups excluding tert-OH is 1. The highest BCUT2D eigenvalue weighted by atomic mass is 16.7. The second-order valence-electron chi connectivity index (χ2n) is 11.7. The number of nitrogen functional groups attached to an aromatic ring is 1. The monoisotopic (exact) mass is 622 g/mol. The van der Waals surface area contributed by atoms with Crippen molar-refractivity contribution in [3.05, 3.63) is 125 Å². The van der Waals surface area contributed by atoms with Gasteiger partial charge in [-0.2, -0.15) is 0 Å². The third-order valence-corrected chi connectivity index (χ3v) is 7.93. The molecule has 3 atom stereocenters. The first-order valence-electron chi connectivity index (χ1n) is 15.6. The highest BCUT2D eigenvalue weighted by Gasteiger charge is 2.32. The lowest BCUT2D eigenvalue weighted by Crippen LogP contribution is -2.37. The summed E-state index contributed by atoms with van der Waals surface area (Å²) in [5, 5.41) is 15.2. The molecule has 240 valence electrons. The van der Waals surface area contributed by atoms with Crippen LogP contribution in [0.3, 0.4) is 0 Å². The number of para-hydroxylation sites is 2. The van der Waals surface area contributed by atoms with E-state index in [4.69, 9.17) is 15.2 Å². The first-order chi connectivity index (χ1) is 22.4. The summed E-state index contributed by atoms with van der Waals surface area (Å²) in [6.07, 6.45) is 0.674. The summed E-state index contributed by atoms with van der Waals surface area (Å²) in [5.74, 6) is -0.354. The van der Waals surface area contributed by atoms with E-state index in [1.165, 1.54) is 5.56 Å². The highest BCUT2D eigenvalue weighted by molar-refractivity contribution is 5.94. The number of carbonyl (C=O) groups excluding carboxylic acids is 2. The van der Waals surface area contributed by atoms with Crippen LogP contribution >= 0.6 is 0 Å². The van der Waals surface area contributed by atoms with Crippen LogP contribution in [0.15, 0.2) is 103 Å². The SMILES string of the molecule is CN(Cc1ccccc1)C[C@@H]1C[C@H](c2ccc(CO)cc2)O[C@H](c2ccc(NC(=O)CCCC(=O)Nc3ccccc3N)cc2)O1. The average Bonchev–Trinajstić information content (AvgIpc) is 3.06. The van der Waals surface area contributed by atoms with E-state index < -0.39 is 6.29 Å².